The van der Waals surface area contributed by atoms with Gasteiger partial charge < -0.3 is 15.3 Å². The molecule has 1 amide bonds. The molecule has 2 heterocycles. The van der Waals surface area contributed by atoms with Crippen LogP contribution in [-0.4, -0.2) is 50.1 Å². The maximum absolute atomic E-state index is 12.4. The van der Waals surface area contributed by atoms with Crippen molar-refractivity contribution in [2.75, 3.05) is 6.54 Å². The SMILES string of the molecule is CCCCCNC1(C)C(=O)N2[C@@H](C(=O)O)C(C)(C)S[C@@H]21. The van der Waals surface area contributed by atoms with Crippen molar-refractivity contribution < 1.29 is 14.7 Å². The van der Waals surface area contributed by atoms with Crippen LogP contribution in [0.15, 0.2) is 0 Å². The third-order valence-electron chi connectivity index (χ3n) is 4.28. The van der Waals surface area contributed by atoms with Gasteiger partial charge in [0.25, 0.3) is 0 Å². The number of thioether (sulfide) groups is 1. The molecule has 0 aromatic rings. The predicted octanol–water partition coefficient (Wildman–Crippen LogP) is 1.67. The second kappa shape index (κ2) is 5.22. The Morgan fingerprint density at radius 2 is 2.05 bits per heavy atom. The number of rotatable bonds is 6. The van der Waals surface area contributed by atoms with Gasteiger partial charge in [0.1, 0.15) is 17.0 Å². The fraction of sp³-hybridized carbons (Fsp3) is 0.857. The molecule has 5 nitrogen and oxygen atoms in total. The van der Waals surface area contributed by atoms with Gasteiger partial charge in [-0.2, -0.15) is 0 Å². The number of fused-ring (bicyclic) bond motifs is 1. The molecule has 3 atom stereocenters. The van der Waals surface area contributed by atoms with Crippen molar-refractivity contribution in [3.63, 3.8) is 0 Å². The maximum Gasteiger partial charge on any atom is 0.327 e. The third-order valence-corrected chi connectivity index (χ3v) is 6.04. The van der Waals surface area contributed by atoms with Gasteiger partial charge in [-0.3, -0.25) is 4.79 Å². The van der Waals surface area contributed by atoms with E-state index in [1.165, 1.54) is 0 Å². The van der Waals surface area contributed by atoms with Crippen molar-refractivity contribution in [1.82, 2.24) is 10.2 Å². The number of carboxylic acids is 1. The Balaban J connectivity index is 2.07. The summed E-state index contributed by atoms with van der Waals surface area (Å²) < 4.78 is -0.449. The summed E-state index contributed by atoms with van der Waals surface area (Å²) in [6.45, 7) is 8.65. The number of amides is 1. The van der Waals surface area contributed by atoms with Crippen molar-refractivity contribution in [3.8, 4) is 0 Å². The fourth-order valence-corrected chi connectivity index (χ4v) is 4.78. The number of β-lactam (4-membered cyclic amide) rings is 1. The molecule has 0 aromatic carbocycles. The van der Waals surface area contributed by atoms with Gasteiger partial charge in [-0.05, 0) is 33.7 Å². The Morgan fingerprint density at radius 1 is 1.40 bits per heavy atom. The Kier molecular flexibility index (Phi) is 4.08. The van der Waals surface area contributed by atoms with Crippen LogP contribution in [-0.2, 0) is 9.59 Å². The van der Waals surface area contributed by atoms with Gasteiger partial charge in [0.15, 0.2) is 0 Å². The van der Waals surface area contributed by atoms with Crippen molar-refractivity contribution in [3.05, 3.63) is 0 Å². The van der Waals surface area contributed by atoms with Gasteiger partial charge in [-0.25, -0.2) is 4.79 Å². The summed E-state index contributed by atoms with van der Waals surface area (Å²) in [5.41, 5.74) is -0.611. The number of hydrogen-bond donors (Lipinski definition) is 2. The molecule has 114 valence electrons. The van der Waals surface area contributed by atoms with E-state index in [0.29, 0.717) is 0 Å². The van der Waals surface area contributed by atoms with Gasteiger partial charge in [0, 0.05) is 4.75 Å². The van der Waals surface area contributed by atoms with Gasteiger partial charge >= 0.3 is 5.97 Å². The lowest BCUT2D eigenvalue weighted by molar-refractivity contribution is -0.166. The van der Waals surface area contributed by atoms with Crippen LogP contribution in [0.5, 0.6) is 0 Å². The van der Waals surface area contributed by atoms with E-state index >= 15 is 0 Å². The lowest BCUT2D eigenvalue weighted by Gasteiger charge is -2.51. The number of hydrogen-bond acceptors (Lipinski definition) is 4. The average Bonchev–Trinajstić information content (AvgIpc) is 2.64. The molecular formula is C14H24N2O3S. The monoisotopic (exact) mass is 300 g/mol. The van der Waals surface area contributed by atoms with Crippen LogP contribution in [0.4, 0.5) is 0 Å². The zero-order valence-electron chi connectivity index (χ0n) is 12.6. The van der Waals surface area contributed by atoms with Gasteiger partial charge in [0.05, 0.1) is 0 Å². The second-order valence-corrected chi connectivity index (χ2v) is 8.10. The van der Waals surface area contributed by atoms with Gasteiger partial charge in [-0.1, -0.05) is 19.8 Å². The Hall–Kier alpha value is -0.750. The first-order chi connectivity index (χ1) is 9.25. The Labute approximate surface area is 124 Å². The van der Waals surface area contributed by atoms with E-state index in [4.69, 9.17) is 0 Å². The van der Waals surface area contributed by atoms with Crippen LogP contribution in [0.1, 0.15) is 47.0 Å². The topological polar surface area (TPSA) is 69.6 Å². The van der Waals surface area contributed by atoms with E-state index in [0.717, 1.165) is 25.8 Å². The van der Waals surface area contributed by atoms with Crippen LogP contribution in [0.25, 0.3) is 0 Å². The minimum Gasteiger partial charge on any atom is -0.480 e. The van der Waals surface area contributed by atoms with Crippen molar-refractivity contribution >= 4 is 23.6 Å². The summed E-state index contributed by atoms with van der Waals surface area (Å²) in [5, 5.41) is 12.6. The second-order valence-electron chi connectivity index (χ2n) is 6.36. The molecule has 2 aliphatic heterocycles. The van der Waals surface area contributed by atoms with Gasteiger partial charge in [-0.15, -0.1) is 11.8 Å². The molecule has 2 saturated heterocycles. The van der Waals surface area contributed by atoms with Crippen molar-refractivity contribution in [2.24, 2.45) is 0 Å². The molecule has 0 radical (unpaired) electrons. The molecule has 20 heavy (non-hydrogen) atoms. The van der Waals surface area contributed by atoms with Crippen LogP contribution in [0.3, 0.4) is 0 Å². The number of aliphatic carboxylic acids is 1. The largest absolute Gasteiger partial charge is 0.480 e. The number of nitrogens with zero attached hydrogens (tertiary/aromatic N) is 1. The highest BCUT2D eigenvalue weighted by molar-refractivity contribution is 8.01. The van der Waals surface area contributed by atoms with Crippen LogP contribution in [0, 0.1) is 0 Å². The summed E-state index contributed by atoms with van der Waals surface area (Å²) in [5.74, 6) is -0.990. The van der Waals surface area contributed by atoms with Crippen LogP contribution in [0.2, 0.25) is 0 Å². The zero-order valence-corrected chi connectivity index (χ0v) is 13.4. The molecule has 0 aromatic heterocycles. The molecular weight excluding hydrogens is 276 g/mol. The number of carbonyl (C=O) groups excluding carboxylic acids is 1. The first-order valence-electron chi connectivity index (χ1n) is 7.24. The molecule has 2 rings (SSSR count). The first-order valence-corrected chi connectivity index (χ1v) is 8.12. The van der Waals surface area contributed by atoms with E-state index in [-0.39, 0.29) is 11.3 Å². The van der Waals surface area contributed by atoms with Crippen LogP contribution < -0.4 is 5.32 Å². The predicted molar refractivity (Wildman–Crippen MR) is 79.7 cm³/mol. The quantitative estimate of drug-likeness (QED) is 0.577. The highest BCUT2D eigenvalue weighted by atomic mass is 32.2. The van der Waals surface area contributed by atoms with E-state index in [2.05, 4.69) is 12.2 Å². The molecule has 2 N–H and O–H groups in total. The number of nitrogens with one attached hydrogen (secondary N) is 1. The highest BCUT2D eigenvalue weighted by Crippen LogP contribution is 2.54. The minimum atomic E-state index is -0.911. The highest BCUT2D eigenvalue weighted by Gasteiger charge is 2.69. The minimum absolute atomic E-state index is 0.0762. The number of carboxylic acid groups (broad SMARTS) is 1. The normalized spacial score (nSPS) is 34.8. The molecule has 2 aliphatic rings. The summed E-state index contributed by atoms with van der Waals surface area (Å²) >= 11 is 1.59. The standard InChI is InChI=1S/C14H24N2O3S/c1-5-6-7-8-15-14(4)11(19)16-9(10(17)18)13(2,3)20-12(14)16/h9,12,15H,5-8H2,1-4H3,(H,17,18)/t9-,12+,14?/m0/s1. The molecule has 6 heteroatoms. The van der Waals surface area contributed by atoms with E-state index in [1.54, 1.807) is 16.7 Å². The lowest BCUT2D eigenvalue weighted by Crippen LogP contribution is -2.77. The fourth-order valence-electron chi connectivity index (χ4n) is 3.11. The average molecular weight is 300 g/mol. The molecule has 0 aliphatic carbocycles. The summed E-state index contributed by atoms with van der Waals surface area (Å²) in [4.78, 5) is 25.4. The smallest absolute Gasteiger partial charge is 0.327 e. The summed E-state index contributed by atoms with van der Waals surface area (Å²) in [7, 11) is 0. The molecule has 0 spiro atoms. The summed E-state index contributed by atoms with van der Waals surface area (Å²) in [6.07, 6.45) is 3.33. The van der Waals surface area contributed by atoms with Crippen molar-refractivity contribution in [2.45, 2.75) is 68.7 Å². The number of unbranched alkanes of at least 4 members (excludes halogenated alkanes) is 2. The lowest BCUT2D eigenvalue weighted by atomic mass is 9.86. The molecule has 1 unspecified atom stereocenters. The summed E-state index contributed by atoms with van der Waals surface area (Å²) in [6, 6.07) is -0.726. The zero-order chi connectivity index (χ0) is 15.1. The maximum atomic E-state index is 12.4. The van der Waals surface area contributed by atoms with Gasteiger partial charge in [0.2, 0.25) is 5.91 Å². The van der Waals surface area contributed by atoms with Crippen LogP contribution >= 0.6 is 11.8 Å². The molecule has 2 fully saturated rings. The molecule has 0 bridgehead atoms. The first kappa shape index (κ1) is 15.6. The Morgan fingerprint density at radius 3 is 2.60 bits per heavy atom. The van der Waals surface area contributed by atoms with E-state index < -0.39 is 22.3 Å². The number of carbonyl (C=O) groups is 2. The molecule has 0 saturated carbocycles. The van der Waals surface area contributed by atoms with E-state index in [9.17, 15) is 14.7 Å². The third kappa shape index (κ3) is 2.22. The Bertz CT molecular complexity index is 427. The van der Waals surface area contributed by atoms with Crippen molar-refractivity contribution in [1.29, 1.82) is 0 Å². The van der Waals surface area contributed by atoms with E-state index in [1.807, 2.05) is 20.8 Å².